The number of nitrogens with one attached hydrogen (secondary N) is 1. The molecule has 1 N–H and O–H groups in total. The zero-order chi connectivity index (χ0) is 12.3. The Morgan fingerprint density at radius 1 is 1.41 bits per heavy atom. The quantitative estimate of drug-likeness (QED) is 0.869. The van der Waals surface area contributed by atoms with Crippen LogP contribution in [0.2, 0.25) is 0 Å². The first-order valence-corrected chi connectivity index (χ1v) is 6.66. The largest absolute Gasteiger partial charge is 0.312 e. The standard InChI is InChI=1S/C12H15IN4/c1-3-11(14-2)12-5-4-10(7-15-12)17-8-9(13)6-16-17/h4-8,11,14H,3H2,1-2H3. The monoisotopic (exact) mass is 342 g/mol. The molecule has 90 valence electrons. The average molecular weight is 342 g/mol. The van der Waals surface area contributed by atoms with Gasteiger partial charge < -0.3 is 5.32 Å². The summed E-state index contributed by atoms with van der Waals surface area (Å²) in [6.07, 6.45) is 6.70. The number of nitrogens with zero attached hydrogens (tertiary/aromatic N) is 3. The molecule has 2 rings (SSSR count). The summed E-state index contributed by atoms with van der Waals surface area (Å²) in [6.45, 7) is 2.15. The molecule has 0 spiro atoms. The van der Waals surface area contributed by atoms with Crippen LogP contribution in [-0.2, 0) is 0 Å². The summed E-state index contributed by atoms with van der Waals surface area (Å²) in [7, 11) is 1.96. The Morgan fingerprint density at radius 2 is 2.24 bits per heavy atom. The molecule has 0 saturated heterocycles. The second-order valence-corrected chi connectivity index (χ2v) is 5.04. The molecule has 2 heterocycles. The van der Waals surface area contributed by atoms with Gasteiger partial charge in [-0.25, -0.2) is 4.68 Å². The van der Waals surface area contributed by atoms with Crippen LogP contribution in [0, 0.1) is 3.57 Å². The molecule has 0 aliphatic carbocycles. The third kappa shape index (κ3) is 2.84. The number of aromatic nitrogens is 3. The fourth-order valence-corrected chi connectivity index (χ4v) is 2.13. The van der Waals surface area contributed by atoms with Crippen molar-refractivity contribution in [2.45, 2.75) is 19.4 Å². The van der Waals surface area contributed by atoms with Gasteiger partial charge in [0.05, 0.1) is 27.3 Å². The zero-order valence-electron chi connectivity index (χ0n) is 9.89. The van der Waals surface area contributed by atoms with Crippen LogP contribution in [0.4, 0.5) is 0 Å². The highest BCUT2D eigenvalue weighted by Crippen LogP contribution is 2.15. The maximum absolute atomic E-state index is 4.48. The van der Waals surface area contributed by atoms with E-state index < -0.39 is 0 Å². The molecule has 1 unspecified atom stereocenters. The fraction of sp³-hybridized carbons (Fsp3) is 0.333. The molecule has 0 bridgehead atoms. The average Bonchev–Trinajstić information content (AvgIpc) is 2.78. The van der Waals surface area contributed by atoms with E-state index in [9.17, 15) is 0 Å². The number of hydrogen-bond acceptors (Lipinski definition) is 3. The Balaban J connectivity index is 2.23. The maximum Gasteiger partial charge on any atom is 0.0829 e. The summed E-state index contributed by atoms with van der Waals surface area (Å²) in [5.41, 5.74) is 2.06. The molecule has 0 fully saturated rings. The molecule has 0 aromatic carbocycles. The number of pyridine rings is 1. The highest BCUT2D eigenvalue weighted by molar-refractivity contribution is 14.1. The third-order valence-electron chi connectivity index (χ3n) is 2.70. The topological polar surface area (TPSA) is 42.7 Å². The second-order valence-electron chi connectivity index (χ2n) is 3.79. The van der Waals surface area contributed by atoms with Gasteiger partial charge in [0.2, 0.25) is 0 Å². The van der Waals surface area contributed by atoms with Gasteiger partial charge in [-0.05, 0) is 48.2 Å². The van der Waals surface area contributed by atoms with Crippen LogP contribution in [0.5, 0.6) is 0 Å². The van der Waals surface area contributed by atoms with E-state index in [0.717, 1.165) is 21.4 Å². The molecule has 4 nitrogen and oxygen atoms in total. The Hall–Kier alpha value is -0.950. The van der Waals surface area contributed by atoms with Crippen molar-refractivity contribution in [2.75, 3.05) is 7.05 Å². The highest BCUT2D eigenvalue weighted by atomic mass is 127. The van der Waals surface area contributed by atoms with Crippen LogP contribution in [0.1, 0.15) is 25.1 Å². The van der Waals surface area contributed by atoms with Crippen LogP contribution in [0.15, 0.2) is 30.7 Å². The Kier molecular flexibility index (Phi) is 4.11. The minimum Gasteiger partial charge on any atom is -0.312 e. The molecule has 0 aliphatic rings. The second kappa shape index (κ2) is 5.59. The lowest BCUT2D eigenvalue weighted by molar-refractivity contribution is 0.561. The molecule has 17 heavy (non-hydrogen) atoms. The number of halogens is 1. The van der Waals surface area contributed by atoms with Crippen LogP contribution < -0.4 is 5.32 Å². The first-order chi connectivity index (χ1) is 8.24. The van der Waals surface area contributed by atoms with Gasteiger partial charge in [-0.15, -0.1) is 0 Å². The molecular formula is C12H15IN4. The van der Waals surface area contributed by atoms with E-state index in [0.29, 0.717) is 6.04 Å². The van der Waals surface area contributed by atoms with E-state index in [1.54, 1.807) is 0 Å². The van der Waals surface area contributed by atoms with Gasteiger partial charge in [0.15, 0.2) is 0 Å². The predicted octanol–water partition coefficient (Wildman–Crippen LogP) is 2.54. The Morgan fingerprint density at radius 3 is 2.71 bits per heavy atom. The van der Waals surface area contributed by atoms with Crippen molar-refractivity contribution in [3.8, 4) is 5.69 Å². The van der Waals surface area contributed by atoms with Crippen molar-refractivity contribution >= 4 is 22.6 Å². The van der Waals surface area contributed by atoms with Gasteiger partial charge in [0.25, 0.3) is 0 Å². The van der Waals surface area contributed by atoms with Crippen molar-refractivity contribution < 1.29 is 0 Å². The summed E-state index contributed by atoms with van der Waals surface area (Å²) < 4.78 is 2.95. The van der Waals surface area contributed by atoms with Crippen molar-refractivity contribution in [1.82, 2.24) is 20.1 Å². The molecule has 1 atom stereocenters. The van der Waals surface area contributed by atoms with Gasteiger partial charge in [0, 0.05) is 12.2 Å². The first-order valence-electron chi connectivity index (χ1n) is 5.58. The zero-order valence-corrected chi connectivity index (χ0v) is 12.0. The van der Waals surface area contributed by atoms with E-state index >= 15 is 0 Å². The molecule has 5 heteroatoms. The molecular weight excluding hydrogens is 327 g/mol. The van der Waals surface area contributed by atoms with Gasteiger partial charge in [-0.3, -0.25) is 4.98 Å². The van der Waals surface area contributed by atoms with E-state index in [1.165, 1.54) is 0 Å². The van der Waals surface area contributed by atoms with Crippen LogP contribution in [-0.4, -0.2) is 21.8 Å². The summed E-state index contributed by atoms with van der Waals surface area (Å²) in [4.78, 5) is 4.48. The molecule has 2 aromatic rings. The van der Waals surface area contributed by atoms with E-state index in [2.05, 4.69) is 51.0 Å². The molecule has 0 aliphatic heterocycles. The first kappa shape index (κ1) is 12.5. The minimum absolute atomic E-state index is 0.321. The minimum atomic E-state index is 0.321. The molecule has 0 radical (unpaired) electrons. The van der Waals surface area contributed by atoms with E-state index in [4.69, 9.17) is 0 Å². The number of hydrogen-bond donors (Lipinski definition) is 1. The molecule has 2 aromatic heterocycles. The fourth-order valence-electron chi connectivity index (χ4n) is 1.74. The van der Waals surface area contributed by atoms with Gasteiger partial charge in [-0.2, -0.15) is 5.10 Å². The molecule has 0 amide bonds. The maximum atomic E-state index is 4.48. The van der Waals surface area contributed by atoms with E-state index in [1.807, 2.05) is 36.4 Å². The normalized spacial score (nSPS) is 12.6. The summed E-state index contributed by atoms with van der Waals surface area (Å²) in [6, 6.07) is 4.42. The molecule has 0 saturated carbocycles. The lowest BCUT2D eigenvalue weighted by atomic mass is 10.1. The lowest BCUT2D eigenvalue weighted by Gasteiger charge is -2.13. The van der Waals surface area contributed by atoms with Crippen LogP contribution in [0.3, 0.4) is 0 Å². The Labute approximate surface area is 115 Å². The predicted molar refractivity (Wildman–Crippen MR) is 76.2 cm³/mol. The summed E-state index contributed by atoms with van der Waals surface area (Å²) in [5, 5.41) is 7.50. The lowest BCUT2D eigenvalue weighted by Crippen LogP contribution is -2.16. The van der Waals surface area contributed by atoms with E-state index in [-0.39, 0.29) is 0 Å². The van der Waals surface area contributed by atoms with Gasteiger partial charge in [0.1, 0.15) is 0 Å². The van der Waals surface area contributed by atoms with Crippen LogP contribution >= 0.6 is 22.6 Å². The van der Waals surface area contributed by atoms with Crippen LogP contribution in [0.25, 0.3) is 5.69 Å². The number of rotatable bonds is 4. The van der Waals surface area contributed by atoms with Crippen molar-refractivity contribution in [2.24, 2.45) is 0 Å². The van der Waals surface area contributed by atoms with Crippen molar-refractivity contribution in [3.05, 3.63) is 40.0 Å². The summed E-state index contributed by atoms with van der Waals surface area (Å²) in [5.74, 6) is 0. The summed E-state index contributed by atoms with van der Waals surface area (Å²) >= 11 is 2.24. The third-order valence-corrected chi connectivity index (χ3v) is 3.26. The Bertz CT molecular complexity index is 474. The van der Waals surface area contributed by atoms with Crippen molar-refractivity contribution in [1.29, 1.82) is 0 Å². The van der Waals surface area contributed by atoms with Gasteiger partial charge >= 0.3 is 0 Å². The van der Waals surface area contributed by atoms with Crippen molar-refractivity contribution in [3.63, 3.8) is 0 Å². The SMILES string of the molecule is CCC(NC)c1ccc(-n2cc(I)cn2)cn1. The smallest absolute Gasteiger partial charge is 0.0829 e. The highest BCUT2D eigenvalue weighted by Gasteiger charge is 2.08. The van der Waals surface area contributed by atoms with Gasteiger partial charge in [-0.1, -0.05) is 6.92 Å².